The van der Waals surface area contributed by atoms with Crippen molar-refractivity contribution in [2.45, 2.75) is 17.9 Å². The molecule has 0 aliphatic rings. The van der Waals surface area contributed by atoms with Gasteiger partial charge in [0.05, 0.1) is 29.4 Å². The number of nitrogens with zero attached hydrogens (tertiary/aromatic N) is 2. The van der Waals surface area contributed by atoms with Crippen LogP contribution in [0.25, 0.3) is 10.2 Å². The predicted molar refractivity (Wildman–Crippen MR) is 111 cm³/mol. The highest BCUT2D eigenvalue weighted by atomic mass is 32.2. The number of anilines is 1. The van der Waals surface area contributed by atoms with Crippen LogP contribution < -0.4 is 4.90 Å². The van der Waals surface area contributed by atoms with Gasteiger partial charge in [-0.1, -0.05) is 47.7 Å². The standard InChI is InChI=1S/C21H18N2O2S2/c1-26-17-10-5-11-18-20(17)22-21(27-18)23(14-16-9-6-12-25-16)19(24)13-15-7-3-2-4-8-15/h2-12H,13-14H2,1H3. The number of aromatic nitrogens is 1. The summed E-state index contributed by atoms with van der Waals surface area (Å²) in [6.45, 7) is 0.368. The van der Waals surface area contributed by atoms with Gasteiger partial charge in [0.2, 0.25) is 5.91 Å². The highest BCUT2D eigenvalue weighted by Gasteiger charge is 2.22. The Labute approximate surface area is 165 Å². The first-order valence-electron chi connectivity index (χ1n) is 8.55. The molecule has 4 rings (SSSR count). The van der Waals surface area contributed by atoms with Gasteiger partial charge < -0.3 is 4.42 Å². The maximum Gasteiger partial charge on any atom is 0.233 e. The molecule has 0 saturated carbocycles. The van der Waals surface area contributed by atoms with Crippen LogP contribution in [0.5, 0.6) is 0 Å². The second-order valence-corrected chi connectivity index (χ2v) is 7.88. The van der Waals surface area contributed by atoms with Crippen molar-refractivity contribution in [2.75, 3.05) is 11.2 Å². The van der Waals surface area contributed by atoms with E-state index in [0.29, 0.717) is 18.1 Å². The molecular weight excluding hydrogens is 376 g/mol. The van der Waals surface area contributed by atoms with Crippen molar-refractivity contribution in [3.63, 3.8) is 0 Å². The van der Waals surface area contributed by atoms with Crippen molar-refractivity contribution in [3.05, 3.63) is 78.3 Å². The highest BCUT2D eigenvalue weighted by Crippen LogP contribution is 2.35. The second kappa shape index (κ2) is 7.98. The molecule has 0 aliphatic heterocycles. The van der Waals surface area contributed by atoms with E-state index in [0.717, 1.165) is 26.4 Å². The van der Waals surface area contributed by atoms with Crippen LogP contribution in [-0.4, -0.2) is 17.1 Å². The number of furan rings is 1. The molecule has 0 aliphatic carbocycles. The summed E-state index contributed by atoms with van der Waals surface area (Å²) in [4.78, 5) is 20.7. The van der Waals surface area contributed by atoms with Gasteiger partial charge >= 0.3 is 0 Å². The summed E-state index contributed by atoms with van der Waals surface area (Å²) in [5.74, 6) is 0.739. The van der Waals surface area contributed by atoms with E-state index in [1.807, 2.05) is 60.9 Å². The van der Waals surface area contributed by atoms with Crippen molar-refractivity contribution < 1.29 is 9.21 Å². The maximum atomic E-state index is 13.1. The smallest absolute Gasteiger partial charge is 0.233 e. The third-order valence-corrected chi connectivity index (χ3v) is 6.03. The fourth-order valence-corrected chi connectivity index (χ4v) is 4.52. The van der Waals surface area contributed by atoms with Crippen LogP contribution in [0.1, 0.15) is 11.3 Å². The lowest BCUT2D eigenvalue weighted by Crippen LogP contribution is -2.31. The molecule has 0 atom stereocenters. The lowest BCUT2D eigenvalue weighted by atomic mass is 10.1. The number of carbonyl (C=O) groups is 1. The van der Waals surface area contributed by atoms with Crippen LogP contribution in [0.4, 0.5) is 5.13 Å². The fraction of sp³-hybridized carbons (Fsp3) is 0.143. The predicted octanol–water partition coefficient (Wildman–Crippen LogP) is 5.39. The first-order chi connectivity index (χ1) is 13.2. The van der Waals surface area contributed by atoms with Gasteiger partial charge in [-0.2, -0.15) is 0 Å². The molecule has 6 heteroatoms. The number of para-hydroxylation sites is 1. The van der Waals surface area contributed by atoms with E-state index in [4.69, 9.17) is 9.40 Å². The minimum absolute atomic E-state index is 0.00218. The first-order valence-corrected chi connectivity index (χ1v) is 10.6. The zero-order valence-corrected chi connectivity index (χ0v) is 16.4. The van der Waals surface area contributed by atoms with Crippen LogP contribution in [0.3, 0.4) is 0 Å². The number of hydrogen-bond donors (Lipinski definition) is 0. The minimum Gasteiger partial charge on any atom is -0.467 e. The molecule has 2 heterocycles. The molecule has 0 unspecified atom stereocenters. The fourth-order valence-electron chi connectivity index (χ4n) is 2.88. The van der Waals surface area contributed by atoms with E-state index in [-0.39, 0.29) is 5.91 Å². The Kier molecular flexibility index (Phi) is 5.27. The maximum absolute atomic E-state index is 13.1. The molecule has 0 radical (unpaired) electrons. The van der Waals surface area contributed by atoms with Gasteiger partial charge in [0, 0.05) is 4.90 Å². The Morgan fingerprint density at radius 2 is 1.96 bits per heavy atom. The number of thioether (sulfide) groups is 1. The molecule has 27 heavy (non-hydrogen) atoms. The van der Waals surface area contributed by atoms with Crippen molar-refractivity contribution in [1.82, 2.24) is 4.98 Å². The molecule has 0 bridgehead atoms. The van der Waals surface area contributed by atoms with Gasteiger partial charge in [-0.3, -0.25) is 9.69 Å². The Hall–Kier alpha value is -2.57. The molecule has 0 saturated heterocycles. The van der Waals surface area contributed by atoms with Gasteiger partial charge in [-0.05, 0) is 36.1 Å². The number of fused-ring (bicyclic) bond motifs is 1. The molecule has 0 N–H and O–H groups in total. The summed E-state index contributed by atoms with van der Waals surface area (Å²) in [6.07, 6.45) is 3.99. The van der Waals surface area contributed by atoms with Crippen LogP contribution in [0.15, 0.2) is 76.2 Å². The molecule has 1 amide bonds. The van der Waals surface area contributed by atoms with E-state index >= 15 is 0 Å². The van der Waals surface area contributed by atoms with Crippen molar-refractivity contribution in [2.24, 2.45) is 0 Å². The quantitative estimate of drug-likeness (QED) is 0.412. The lowest BCUT2D eigenvalue weighted by molar-refractivity contribution is -0.118. The van der Waals surface area contributed by atoms with Crippen LogP contribution >= 0.6 is 23.1 Å². The SMILES string of the molecule is CSc1cccc2sc(N(Cc3ccco3)C(=O)Cc3ccccc3)nc12. The van der Waals surface area contributed by atoms with E-state index in [1.165, 1.54) is 11.3 Å². The lowest BCUT2D eigenvalue weighted by Gasteiger charge is -2.18. The van der Waals surface area contributed by atoms with Gasteiger partial charge in [-0.25, -0.2) is 4.98 Å². The van der Waals surface area contributed by atoms with Crippen LogP contribution in [0.2, 0.25) is 0 Å². The number of benzene rings is 2. The number of carbonyl (C=O) groups excluding carboxylic acids is 1. The van der Waals surface area contributed by atoms with Gasteiger partial charge in [0.1, 0.15) is 5.76 Å². The Balaban J connectivity index is 1.70. The average molecular weight is 395 g/mol. The van der Waals surface area contributed by atoms with Crippen molar-refractivity contribution >= 4 is 44.4 Å². The molecule has 0 spiro atoms. The minimum atomic E-state index is 0.00218. The topological polar surface area (TPSA) is 46.3 Å². The third kappa shape index (κ3) is 3.91. The zero-order valence-electron chi connectivity index (χ0n) is 14.8. The third-order valence-electron chi connectivity index (χ3n) is 4.21. The number of amides is 1. The first kappa shape index (κ1) is 17.8. The number of hydrogen-bond acceptors (Lipinski definition) is 5. The Bertz CT molecular complexity index is 1040. The van der Waals surface area contributed by atoms with Gasteiger partial charge in [-0.15, -0.1) is 11.8 Å². The Morgan fingerprint density at radius 1 is 1.11 bits per heavy atom. The largest absolute Gasteiger partial charge is 0.467 e. The normalized spacial score (nSPS) is 11.0. The molecule has 136 valence electrons. The number of thiazole rings is 1. The van der Waals surface area contributed by atoms with E-state index < -0.39 is 0 Å². The van der Waals surface area contributed by atoms with E-state index in [9.17, 15) is 4.79 Å². The molecule has 4 aromatic rings. The summed E-state index contributed by atoms with van der Waals surface area (Å²) < 4.78 is 6.56. The molecular formula is C21H18N2O2S2. The second-order valence-electron chi connectivity index (χ2n) is 6.03. The van der Waals surface area contributed by atoms with Gasteiger partial charge in [0.25, 0.3) is 0 Å². The van der Waals surface area contributed by atoms with Crippen LogP contribution in [0, 0.1) is 0 Å². The highest BCUT2D eigenvalue weighted by molar-refractivity contribution is 7.98. The summed E-state index contributed by atoms with van der Waals surface area (Å²) in [5.41, 5.74) is 1.93. The van der Waals surface area contributed by atoms with Gasteiger partial charge in [0.15, 0.2) is 5.13 Å². The summed E-state index contributed by atoms with van der Waals surface area (Å²) in [5, 5.41) is 0.698. The van der Waals surface area contributed by atoms with Crippen molar-refractivity contribution in [1.29, 1.82) is 0 Å². The van der Waals surface area contributed by atoms with E-state index in [1.54, 1.807) is 22.9 Å². The molecule has 4 nitrogen and oxygen atoms in total. The average Bonchev–Trinajstić information content (AvgIpc) is 3.35. The zero-order chi connectivity index (χ0) is 18.6. The number of rotatable bonds is 6. The van der Waals surface area contributed by atoms with Crippen LogP contribution in [-0.2, 0) is 17.8 Å². The summed E-state index contributed by atoms with van der Waals surface area (Å²) >= 11 is 3.20. The van der Waals surface area contributed by atoms with E-state index in [2.05, 4.69) is 6.07 Å². The molecule has 2 aromatic heterocycles. The van der Waals surface area contributed by atoms with Crippen molar-refractivity contribution in [3.8, 4) is 0 Å². The Morgan fingerprint density at radius 3 is 2.70 bits per heavy atom. The monoisotopic (exact) mass is 394 g/mol. The summed E-state index contributed by atoms with van der Waals surface area (Å²) in [7, 11) is 0. The summed E-state index contributed by atoms with van der Waals surface area (Å²) in [6, 6.07) is 19.6. The molecule has 2 aromatic carbocycles. The molecule has 0 fully saturated rings.